The fourth-order valence-corrected chi connectivity index (χ4v) is 3.71. The summed E-state index contributed by atoms with van der Waals surface area (Å²) in [4.78, 5) is 29.2. The highest BCUT2D eigenvalue weighted by Crippen LogP contribution is 2.29. The van der Waals surface area contributed by atoms with Crippen LogP contribution in [-0.4, -0.2) is 22.0 Å². The first-order valence-corrected chi connectivity index (χ1v) is 10.3. The summed E-state index contributed by atoms with van der Waals surface area (Å²) >= 11 is 0. The summed E-state index contributed by atoms with van der Waals surface area (Å²) in [6, 6.07) is 28.3. The van der Waals surface area contributed by atoms with E-state index in [2.05, 4.69) is 10.3 Å². The monoisotopic (exact) mass is 434 g/mol. The van der Waals surface area contributed by atoms with Crippen LogP contribution in [0.5, 0.6) is 0 Å². The predicted molar refractivity (Wildman–Crippen MR) is 126 cm³/mol. The van der Waals surface area contributed by atoms with Crippen molar-refractivity contribution < 1.29 is 19.1 Å². The average molecular weight is 434 g/mol. The van der Waals surface area contributed by atoms with Crippen LogP contribution in [0, 0.1) is 0 Å². The number of aromatic carboxylic acids is 1. The van der Waals surface area contributed by atoms with Crippen LogP contribution in [0.4, 0.5) is 5.69 Å². The quantitative estimate of drug-likeness (QED) is 0.348. The number of fused-ring (bicyclic) bond motifs is 1. The summed E-state index contributed by atoms with van der Waals surface area (Å²) in [5, 5.41) is 12.4. The van der Waals surface area contributed by atoms with Gasteiger partial charge in [-0.1, -0.05) is 48.5 Å². The molecular formula is C27H18N2O4. The van der Waals surface area contributed by atoms with E-state index in [-0.39, 0.29) is 11.5 Å². The highest BCUT2D eigenvalue weighted by atomic mass is 16.4. The SMILES string of the molecule is O=C(O)c1ccccc1-c1ccccc1C(=O)Nc1ccc(-c2nc3ccccc3o2)cc1. The fourth-order valence-electron chi connectivity index (χ4n) is 3.71. The van der Waals surface area contributed by atoms with E-state index in [1.165, 1.54) is 6.07 Å². The third kappa shape index (κ3) is 3.97. The number of anilines is 1. The second-order valence-corrected chi connectivity index (χ2v) is 7.41. The zero-order chi connectivity index (χ0) is 22.8. The van der Waals surface area contributed by atoms with Crippen LogP contribution in [0.25, 0.3) is 33.7 Å². The Balaban J connectivity index is 1.41. The minimum absolute atomic E-state index is 0.139. The summed E-state index contributed by atoms with van der Waals surface area (Å²) < 4.78 is 5.79. The summed E-state index contributed by atoms with van der Waals surface area (Å²) in [6.07, 6.45) is 0. The molecule has 1 amide bonds. The van der Waals surface area contributed by atoms with Gasteiger partial charge in [-0.3, -0.25) is 4.79 Å². The second kappa shape index (κ2) is 8.43. The van der Waals surface area contributed by atoms with Crippen molar-refractivity contribution in [3.05, 3.63) is 108 Å². The molecule has 0 saturated heterocycles. The lowest BCUT2D eigenvalue weighted by molar-refractivity contribution is 0.0697. The Morgan fingerprint density at radius 2 is 1.33 bits per heavy atom. The minimum Gasteiger partial charge on any atom is -0.478 e. The van der Waals surface area contributed by atoms with Gasteiger partial charge in [-0.2, -0.15) is 0 Å². The molecule has 6 heteroatoms. The van der Waals surface area contributed by atoms with E-state index in [0.29, 0.717) is 33.9 Å². The molecule has 1 heterocycles. The first-order valence-electron chi connectivity index (χ1n) is 10.3. The number of carbonyl (C=O) groups excluding carboxylic acids is 1. The van der Waals surface area contributed by atoms with Crippen molar-refractivity contribution in [2.24, 2.45) is 0 Å². The van der Waals surface area contributed by atoms with Crippen molar-refractivity contribution in [3.8, 4) is 22.6 Å². The van der Waals surface area contributed by atoms with Crippen LogP contribution in [0.2, 0.25) is 0 Å². The van der Waals surface area contributed by atoms with Gasteiger partial charge in [0, 0.05) is 16.8 Å². The van der Waals surface area contributed by atoms with Crippen LogP contribution in [0.1, 0.15) is 20.7 Å². The Morgan fingerprint density at radius 3 is 2.03 bits per heavy atom. The van der Waals surface area contributed by atoms with E-state index in [1.54, 1.807) is 54.6 Å². The van der Waals surface area contributed by atoms with Crippen molar-refractivity contribution in [2.75, 3.05) is 5.32 Å². The lowest BCUT2D eigenvalue weighted by Crippen LogP contribution is -2.13. The van der Waals surface area contributed by atoms with Gasteiger partial charge in [0.1, 0.15) is 5.52 Å². The largest absolute Gasteiger partial charge is 0.478 e. The van der Waals surface area contributed by atoms with E-state index in [1.807, 2.05) is 36.4 Å². The van der Waals surface area contributed by atoms with Crippen LogP contribution < -0.4 is 5.32 Å². The van der Waals surface area contributed by atoms with Gasteiger partial charge in [0.2, 0.25) is 5.89 Å². The number of carboxylic acid groups (broad SMARTS) is 1. The maximum Gasteiger partial charge on any atom is 0.336 e. The molecule has 0 unspecified atom stereocenters. The van der Waals surface area contributed by atoms with Crippen LogP contribution in [0.15, 0.2) is 101 Å². The Morgan fingerprint density at radius 1 is 0.727 bits per heavy atom. The molecular weight excluding hydrogens is 416 g/mol. The number of amides is 1. The van der Waals surface area contributed by atoms with Gasteiger partial charge in [-0.25, -0.2) is 9.78 Å². The number of hydrogen-bond acceptors (Lipinski definition) is 4. The highest BCUT2D eigenvalue weighted by molar-refractivity contribution is 6.10. The number of nitrogens with zero attached hydrogens (tertiary/aromatic N) is 1. The van der Waals surface area contributed by atoms with Crippen molar-refractivity contribution in [2.45, 2.75) is 0 Å². The molecule has 0 spiro atoms. The topological polar surface area (TPSA) is 92.4 Å². The number of carbonyl (C=O) groups is 2. The molecule has 5 aromatic rings. The van der Waals surface area contributed by atoms with Gasteiger partial charge in [0.05, 0.1) is 5.56 Å². The van der Waals surface area contributed by atoms with Crippen LogP contribution in [0.3, 0.4) is 0 Å². The number of hydrogen-bond donors (Lipinski definition) is 2. The summed E-state index contributed by atoms with van der Waals surface area (Å²) in [7, 11) is 0. The Hall–Kier alpha value is -4.71. The molecule has 0 aliphatic carbocycles. The molecule has 6 nitrogen and oxygen atoms in total. The van der Waals surface area contributed by atoms with Crippen molar-refractivity contribution in [3.63, 3.8) is 0 Å². The maximum atomic E-state index is 13.1. The van der Waals surface area contributed by atoms with Gasteiger partial charge in [0.25, 0.3) is 5.91 Å². The van der Waals surface area contributed by atoms with Crippen molar-refractivity contribution in [1.82, 2.24) is 4.98 Å². The van der Waals surface area contributed by atoms with Gasteiger partial charge in [-0.05, 0) is 59.7 Å². The van der Waals surface area contributed by atoms with E-state index in [4.69, 9.17) is 4.42 Å². The average Bonchev–Trinajstić information content (AvgIpc) is 3.29. The Labute approximate surface area is 189 Å². The Kier molecular flexibility index (Phi) is 5.16. The molecule has 33 heavy (non-hydrogen) atoms. The fraction of sp³-hybridized carbons (Fsp3) is 0. The molecule has 0 aliphatic heterocycles. The first kappa shape index (κ1) is 20.2. The molecule has 2 N–H and O–H groups in total. The normalized spacial score (nSPS) is 10.8. The number of para-hydroxylation sites is 2. The van der Waals surface area contributed by atoms with Crippen molar-refractivity contribution in [1.29, 1.82) is 0 Å². The lowest BCUT2D eigenvalue weighted by Gasteiger charge is -2.12. The molecule has 0 atom stereocenters. The van der Waals surface area contributed by atoms with E-state index < -0.39 is 5.97 Å². The first-order chi connectivity index (χ1) is 16.1. The van der Waals surface area contributed by atoms with E-state index in [9.17, 15) is 14.7 Å². The summed E-state index contributed by atoms with van der Waals surface area (Å²) in [5.41, 5.74) is 4.44. The minimum atomic E-state index is -1.05. The van der Waals surface area contributed by atoms with Gasteiger partial charge >= 0.3 is 5.97 Å². The third-order valence-electron chi connectivity index (χ3n) is 5.30. The number of carboxylic acids is 1. The molecule has 0 saturated carbocycles. The molecule has 0 fully saturated rings. The van der Waals surface area contributed by atoms with Gasteiger partial charge < -0.3 is 14.8 Å². The number of oxazole rings is 1. The number of benzene rings is 4. The van der Waals surface area contributed by atoms with E-state index in [0.717, 1.165) is 11.1 Å². The molecule has 160 valence electrons. The number of nitrogens with one attached hydrogen (secondary N) is 1. The molecule has 4 aromatic carbocycles. The number of rotatable bonds is 5. The summed E-state index contributed by atoms with van der Waals surface area (Å²) in [5.74, 6) is -0.874. The molecule has 0 radical (unpaired) electrons. The lowest BCUT2D eigenvalue weighted by atomic mass is 9.95. The van der Waals surface area contributed by atoms with Crippen LogP contribution in [-0.2, 0) is 0 Å². The smallest absolute Gasteiger partial charge is 0.336 e. The Bertz CT molecular complexity index is 1450. The van der Waals surface area contributed by atoms with Crippen LogP contribution >= 0.6 is 0 Å². The molecule has 0 aliphatic rings. The zero-order valence-corrected chi connectivity index (χ0v) is 17.4. The predicted octanol–water partition coefficient (Wildman–Crippen LogP) is 6.11. The molecule has 0 bridgehead atoms. The second-order valence-electron chi connectivity index (χ2n) is 7.41. The highest BCUT2D eigenvalue weighted by Gasteiger charge is 2.17. The van der Waals surface area contributed by atoms with E-state index >= 15 is 0 Å². The van der Waals surface area contributed by atoms with Crippen molar-refractivity contribution >= 4 is 28.7 Å². The van der Waals surface area contributed by atoms with Gasteiger partial charge in [-0.15, -0.1) is 0 Å². The van der Waals surface area contributed by atoms with Gasteiger partial charge in [0.15, 0.2) is 5.58 Å². The molecule has 5 rings (SSSR count). The number of aromatic nitrogens is 1. The molecule has 1 aromatic heterocycles. The third-order valence-corrected chi connectivity index (χ3v) is 5.30. The summed E-state index contributed by atoms with van der Waals surface area (Å²) in [6.45, 7) is 0. The maximum absolute atomic E-state index is 13.1. The standard InChI is InChI=1S/C27H18N2O4/c30-25(21-9-3-1-7-19(21)20-8-2-4-10-22(20)27(31)32)28-18-15-13-17(14-16-18)26-29-23-11-5-6-12-24(23)33-26/h1-16H,(H,28,30)(H,31,32). The zero-order valence-electron chi connectivity index (χ0n) is 17.4.